The summed E-state index contributed by atoms with van der Waals surface area (Å²) in [6.45, 7) is 3.17. The minimum atomic E-state index is -1.54. The minimum absolute atomic E-state index is 0.169. The number of hydrogen-bond acceptors (Lipinski definition) is 5. The molecule has 0 aromatic carbocycles. The van der Waals surface area contributed by atoms with Gasteiger partial charge in [-0.1, -0.05) is 6.92 Å². The smallest absolute Gasteiger partial charge is 0.337 e. The summed E-state index contributed by atoms with van der Waals surface area (Å²) in [5.74, 6) is -2.37. The first-order chi connectivity index (χ1) is 5.95. The van der Waals surface area contributed by atoms with Crippen LogP contribution in [-0.4, -0.2) is 34.6 Å². The molecule has 0 aliphatic heterocycles. The summed E-state index contributed by atoms with van der Waals surface area (Å²) < 4.78 is 4.68. The molecule has 0 rings (SSSR count). The second-order valence-corrected chi connectivity index (χ2v) is 2.94. The van der Waals surface area contributed by atoms with E-state index < -0.39 is 17.9 Å². The number of nitrogens with two attached hydrogens (primary N) is 1. The number of hydrogen-bond donors (Lipinski definition) is 3. The Balaban J connectivity index is 4.18. The van der Waals surface area contributed by atoms with Crippen molar-refractivity contribution in [1.82, 2.24) is 0 Å². The lowest BCUT2D eigenvalue weighted by Crippen LogP contribution is -2.39. The normalized spacial score (nSPS) is 17.6. The van der Waals surface area contributed by atoms with Gasteiger partial charge < -0.3 is 20.7 Å². The van der Waals surface area contributed by atoms with Crippen molar-refractivity contribution in [2.24, 2.45) is 5.73 Å². The van der Waals surface area contributed by atoms with Gasteiger partial charge in [0, 0.05) is 12.8 Å². The van der Waals surface area contributed by atoms with Crippen LogP contribution in [0.1, 0.15) is 26.7 Å². The summed E-state index contributed by atoms with van der Waals surface area (Å²) in [6, 6.07) is 0. The van der Waals surface area contributed by atoms with Gasteiger partial charge in [0.05, 0.1) is 0 Å². The third kappa shape index (κ3) is 4.21. The van der Waals surface area contributed by atoms with Gasteiger partial charge in [0.2, 0.25) is 5.79 Å². The molecule has 0 heterocycles. The molecule has 0 aliphatic rings. The first-order valence-corrected chi connectivity index (χ1v) is 4.28. The van der Waals surface area contributed by atoms with Gasteiger partial charge in [0.25, 0.3) is 0 Å². The molecule has 0 amide bonds. The molecule has 2 unspecified atom stereocenters. The largest absolute Gasteiger partial charge is 0.431 e. The molecule has 0 saturated carbocycles. The summed E-state index contributed by atoms with van der Waals surface area (Å²) in [4.78, 5) is 10.9. The number of carbonyl (C=O) groups excluding carboxylic acids is 1. The second-order valence-electron chi connectivity index (χ2n) is 2.94. The van der Waals surface area contributed by atoms with Gasteiger partial charge in [-0.3, -0.25) is 0 Å². The van der Waals surface area contributed by atoms with Crippen molar-refractivity contribution in [2.75, 3.05) is 6.54 Å². The van der Waals surface area contributed by atoms with E-state index in [2.05, 4.69) is 4.74 Å². The number of carbonyl (C=O) groups is 1. The fraction of sp³-hybridized carbons (Fsp3) is 0.875. The molecule has 5 heteroatoms. The Bertz CT molecular complexity index is 172. The van der Waals surface area contributed by atoms with Gasteiger partial charge in [-0.25, -0.2) is 4.79 Å². The van der Waals surface area contributed by atoms with Crippen molar-refractivity contribution in [3.63, 3.8) is 0 Å². The van der Waals surface area contributed by atoms with E-state index in [0.29, 0.717) is 0 Å². The molecular formula is C8H17NO4. The van der Waals surface area contributed by atoms with E-state index >= 15 is 0 Å². The lowest BCUT2D eigenvalue weighted by molar-refractivity contribution is -0.218. The monoisotopic (exact) mass is 191 g/mol. The minimum Gasteiger partial charge on any atom is -0.431 e. The van der Waals surface area contributed by atoms with E-state index in [0.717, 1.165) is 0 Å². The molecule has 0 fully saturated rings. The van der Waals surface area contributed by atoms with Crippen LogP contribution in [0.15, 0.2) is 0 Å². The van der Waals surface area contributed by atoms with Crippen LogP contribution in [0.3, 0.4) is 0 Å². The highest BCUT2D eigenvalue weighted by Crippen LogP contribution is 2.16. The number of rotatable bonds is 5. The third-order valence-electron chi connectivity index (χ3n) is 1.72. The molecule has 0 aromatic heterocycles. The zero-order chi connectivity index (χ0) is 10.5. The van der Waals surface area contributed by atoms with Crippen LogP contribution >= 0.6 is 0 Å². The quantitative estimate of drug-likeness (QED) is 0.397. The van der Waals surface area contributed by atoms with E-state index in [-0.39, 0.29) is 19.4 Å². The zero-order valence-corrected chi connectivity index (χ0v) is 7.99. The second kappa shape index (κ2) is 5.16. The summed E-state index contributed by atoms with van der Waals surface area (Å²) in [5.41, 5.74) is 5.23. The van der Waals surface area contributed by atoms with Gasteiger partial charge in [-0.05, 0) is 13.5 Å². The first-order valence-electron chi connectivity index (χ1n) is 4.28. The van der Waals surface area contributed by atoms with Crippen molar-refractivity contribution in [3.05, 3.63) is 0 Å². The van der Waals surface area contributed by atoms with E-state index in [9.17, 15) is 9.90 Å². The molecule has 0 saturated heterocycles. The Morgan fingerprint density at radius 1 is 1.69 bits per heavy atom. The van der Waals surface area contributed by atoms with E-state index in [1.807, 2.05) is 0 Å². The number of aliphatic hydroxyl groups excluding tert-OH is 1. The van der Waals surface area contributed by atoms with Crippen LogP contribution in [0, 0.1) is 0 Å². The van der Waals surface area contributed by atoms with Crippen molar-refractivity contribution < 1.29 is 19.7 Å². The van der Waals surface area contributed by atoms with E-state index in [1.54, 1.807) is 6.92 Å². The Labute approximate surface area is 77.5 Å². The van der Waals surface area contributed by atoms with Gasteiger partial charge >= 0.3 is 5.97 Å². The van der Waals surface area contributed by atoms with Gasteiger partial charge in [-0.15, -0.1) is 0 Å². The van der Waals surface area contributed by atoms with Crippen molar-refractivity contribution in [1.29, 1.82) is 0 Å². The summed E-state index contributed by atoms with van der Waals surface area (Å²) >= 11 is 0. The van der Waals surface area contributed by atoms with Crippen LogP contribution in [0.2, 0.25) is 0 Å². The average molecular weight is 191 g/mol. The standard InChI is InChI=1S/C8H17NO4/c1-3-8(12,4-5-9)13-7(11)6(2)10/h6,10,12H,3-5,9H2,1-2H3. The number of ether oxygens (including phenoxy) is 1. The van der Waals surface area contributed by atoms with Crippen LogP contribution in [-0.2, 0) is 9.53 Å². The maximum Gasteiger partial charge on any atom is 0.337 e. The molecule has 0 radical (unpaired) electrons. The van der Waals surface area contributed by atoms with Crippen LogP contribution in [0.4, 0.5) is 0 Å². The third-order valence-corrected chi connectivity index (χ3v) is 1.72. The summed E-state index contributed by atoms with van der Waals surface area (Å²) in [5, 5.41) is 18.4. The van der Waals surface area contributed by atoms with Gasteiger partial charge in [-0.2, -0.15) is 0 Å². The van der Waals surface area contributed by atoms with Crippen molar-refractivity contribution >= 4 is 5.97 Å². The lowest BCUT2D eigenvalue weighted by Gasteiger charge is -2.26. The molecule has 2 atom stereocenters. The van der Waals surface area contributed by atoms with Crippen LogP contribution < -0.4 is 5.73 Å². The summed E-state index contributed by atoms with van der Waals surface area (Å²) in [7, 11) is 0. The topological polar surface area (TPSA) is 92.8 Å². The predicted molar refractivity (Wildman–Crippen MR) is 46.7 cm³/mol. The van der Waals surface area contributed by atoms with Crippen LogP contribution in [0.5, 0.6) is 0 Å². The van der Waals surface area contributed by atoms with Gasteiger partial charge in [0.1, 0.15) is 6.10 Å². The first kappa shape index (κ1) is 12.3. The SMILES string of the molecule is CCC(O)(CCN)OC(=O)C(C)O. The molecule has 5 nitrogen and oxygen atoms in total. The highest BCUT2D eigenvalue weighted by Gasteiger charge is 2.29. The molecular weight excluding hydrogens is 174 g/mol. The maximum absolute atomic E-state index is 10.9. The predicted octanol–water partition coefficient (Wildman–Crippen LogP) is -0.642. The average Bonchev–Trinajstić information content (AvgIpc) is 2.04. The highest BCUT2D eigenvalue weighted by atomic mass is 16.7. The van der Waals surface area contributed by atoms with Crippen molar-refractivity contribution in [3.8, 4) is 0 Å². The molecule has 0 spiro atoms. The molecule has 0 bridgehead atoms. The Morgan fingerprint density at radius 3 is 2.54 bits per heavy atom. The number of esters is 1. The summed E-state index contributed by atoms with van der Waals surface area (Å²) in [6.07, 6.45) is -0.805. The van der Waals surface area contributed by atoms with E-state index in [1.165, 1.54) is 6.92 Å². The molecule has 13 heavy (non-hydrogen) atoms. The Morgan fingerprint density at radius 2 is 2.23 bits per heavy atom. The van der Waals surface area contributed by atoms with Gasteiger partial charge in [0.15, 0.2) is 0 Å². The maximum atomic E-state index is 10.9. The zero-order valence-electron chi connectivity index (χ0n) is 7.99. The molecule has 4 N–H and O–H groups in total. The van der Waals surface area contributed by atoms with Crippen molar-refractivity contribution in [2.45, 2.75) is 38.6 Å². The highest BCUT2D eigenvalue weighted by molar-refractivity contribution is 5.74. The van der Waals surface area contributed by atoms with E-state index in [4.69, 9.17) is 10.8 Å². The fourth-order valence-corrected chi connectivity index (χ4v) is 0.798. The van der Waals surface area contributed by atoms with Crippen LogP contribution in [0.25, 0.3) is 0 Å². The lowest BCUT2D eigenvalue weighted by atomic mass is 10.1. The fourth-order valence-electron chi connectivity index (χ4n) is 0.798. The Kier molecular flexibility index (Phi) is 4.90. The number of aliphatic hydroxyl groups is 2. The molecule has 78 valence electrons. The Hall–Kier alpha value is -0.650. The molecule has 0 aromatic rings. The molecule has 0 aliphatic carbocycles.